The van der Waals surface area contributed by atoms with Crippen LogP contribution in [0.2, 0.25) is 0 Å². The van der Waals surface area contributed by atoms with Crippen molar-refractivity contribution in [3.05, 3.63) is 258 Å². The van der Waals surface area contributed by atoms with E-state index in [1.165, 1.54) is 82.4 Å². The van der Waals surface area contributed by atoms with Gasteiger partial charge in [-0.15, -0.1) is 0 Å². The molecule has 2 heteroatoms. The van der Waals surface area contributed by atoms with Gasteiger partial charge in [0.15, 0.2) is 0 Å². The molecule has 0 heterocycles. The fraction of sp³-hybridized carbons (Fsp3) is 0.0500. The third-order valence-corrected chi connectivity index (χ3v) is 13.0. The predicted octanol–water partition coefficient (Wildman–Crippen LogP) is 14.8. The maximum Gasteiger partial charge on any atom is 0.131 e. The number of hydrogen-bond donors (Lipinski definition) is 1. The van der Waals surface area contributed by atoms with Crippen molar-refractivity contribution < 1.29 is 0 Å². The molecule has 0 radical (unpaired) electrons. The van der Waals surface area contributed by atoms with Crippen molar-refractivity contribution in [2.75, 3.05) is 0 Å². The number of aliphatic imine (C=N–C) groups is 1. The maximum absolute atomic E-state index is 6.79. The second kappa shape index (κ2) is 15.3. The highest BCUT2D eigenvalue weighted by Gasteiger charge is 2.40. The summed E-state index contributed by atoms with van der Waals surface area (Å²) in [5.41, 5.74) is 21.9. The van der Waals surface area contributed by atoms with E-state index in [2.05, 4.69) is 201 Å². The van der Waals surface area contributed by atoms with E-state index in [0.29, 0.717) is 12.3 Å². The van der Waals surface area contributed by atoms with E-state index in [9.17, 15) is 0 Å². The Kier molecular flexibility index (Phi) is 9.20. The molecule has 1 aliphatic carbocycles. The van der Waals surface area contributed by atoms with Gasteiger partial charge in [-0.05, 0) is 107 Å². The lowest BCUT2D eigenvalue weighted by Crippen LogP contribution is -2.22. The van der Waals surface area contributed by atoms with Gasteiger partial charge in [-0.3, -0.25) is 0 Å². The number of benzene rings is 10. The molecule has 2 nitrogen and oxygen atoms in total. The molecule has 62 heavy (non-hydrogen) atoms. The molecule has 10 aromatic rings. The van der Waals surface area contributed by atoms with Gasteiger partial charge in [0.25, 0.3) is 0 Å². The number of nitrogens with zero attached hydrogens (tertiary/aromatic N) is 1. The van der Waals surface area contributed by atoms with Crippen LogP contribution in [0, 0.1) is 0 Å². The number of fused-ring (bicyclic) bond motifs is 7. The maximum atomic E-state index is 6.79. The standard InChI is InChI=1S/C60H44N2/c1-60(46-22-9-4-10-23-46)53-28-16-15-25-48(53)49-36-29-40(39-54(49)60)30-38-55(62-59(61)45-20-7-3-8-21-45)42-31-33-44(34-32-42)57-51-27-14-13-26-50(51)56(43-18-5-2-6-19-43)52-37-35-41-17-11-12-24-47(41)58(52)57/h2-29,31-39H,30H2,1H3,(H2,61,62)/b55-38-. The second-order valence-corrected chi connectivity index (χ2v) is 16.5. The van der Waals surface area contributed by atoms with E-state index in [1.807, 2.05) is 30.3 Å². The first-order chi connectivity index (χ1) is 30.6. The van der Waals surface area contributed by atoms with E-state index in [4.69, 9.17) is 10.7 Å². The Balaban J connectivity index is 1.05. The van der Waals surface area contributed by atoms with Gasteiger partial charge in [0.05, 0.1) is 5.70 Å². The number of hydrogen-bond acceptors (Lipinski definition) is 1. The van der Waals surface area contributed by atoms with E-state index < -0.39 is 0 Å². The average molecular weight is 793 g/mol. The van der Waals surface area contributed by atoms with Crippen molar-refractivity contribution in [2.45, 2.75) is 18.8 Å². The SMILES string of the molecule is CC1(c2ccccc2)c2ccccc2-c2ccc(C/C=C(\N=C(N)c3ccccc3)c3ccc(-c4c5ccccc5c(-c5ccccc5)c5ccc6ccccc6c45)cc3)cc21. The van der Waals surface area contributed by atoms with Gasteiger partial charge in [-0.25, -0.2) is 4.99 Å². The molecule has 1 atom stereocenters. The molecule has 294 valence electrons. The van der Waals surface area contributed by atoms with E-state index in [-0.39, 0.29) is 5.41 Å². The largest absolute Gasteiger partial charge is 0.383 e. The summed E-state index contributed by atoms with van der Waals surface area (Å²) in [7, 11) is 0. The van der Waals surface area contributed by atoms with Crippen LogP contribution in [0.1, 0.15) is 40.3 Å². The Morgan fingerprint density at radius 3 is 1.84 bits per heavy atom. The molecule has 0 spiro atoms. The topological polar surface area (TPSA) is 38.4 Å². The molecular weight excluding hydrogens is 749 g/mol. The van der Waals surface area contributed by atoms with Gasteiger partial charge in [-0.2, -0.15) is 0 Å². The highest BCUT2D eigenvalue weighted by molar-refractivity contribution is 6.27. The molecule has 0 saturated heterocycles. The molecule has 2 N–H and O–H groups in total. The number of amidine groups is 1. The summed E-state index contributed by atoms with van der Waals surface area (Å²) < 4.78 is 0. The van der Waals surface area contributed by atoms with Crippen LogP contribution in [0.3, 0.4) is 0 Å². The smallest absolute Gasteiger partial charge is 0.131 e. The van der Waals surface area contributed by atoms with Gasteiger partial charge < -0.3 is 5.73 Å². The Bertz CT molecular complexity index is 3360. The highest BCUT2D eigenvalue weighted by atomic mass is 14.9. The Hall–Kier alpha value is -7.81. The lowest BCUT2D eigenvalue weighted by atomic mass is 9.74. The second-order valence-electron chi connectivity index (χ2n) is 16.5. The summed E-state index contributed by atoms with van der Waals surface area (Å²) in [6.45, 7) is 2.37. The first kappa shape index (κ1) is 37.2. The van der Waals surface area contributed by atoms with Gasteiger partial charge in [0.1, 0.15) is 5.84 Å². The van der Waals surface area contributed by atoms with E-state index in [0.717, 1.165) is 22.4 Å². The Morgan fingerprint density at radius 1 is 0.484 bits per heavy atom. The molecule has 1 unspecified atom stereocenters. The van der Waals surface area contributed by atoms with Crippen molar-refractivity contribution in [1.29, 1.82) is 0 Å². The summed E-state index contributed by atoms with van der Waals surface area (Å²) in [5.74, 6) is 0.488. The van der Waals surface area contributed by atoms with Crippen LogP contribution in [0.25, 0.3) is 71.4 Å². The lowest BCUT2D eigenvalue weighted by molar-refractivity contribution is 0.713. The number of nitrogens with two attached hydrogens (primary N) is 1. The predicted molar refractivity (Wildman–Crippen MR) is 263 cm³/mol. The first-order valence-corrected chi connectivity index (χ1v) is 21.5. The molecule has 0 amide bonds. The molecule has 0 fully saturated rings. The summed E-state index contributed by atoms with van der Waals surface area (Å²) in [4.78, 5) is 5.16. The molecular formula is C60H44N2. The Morgan fingerprint density at radius 2 is 1.08 bits per heavy atom. The van der Waals surface area contributed by atoms with Crippen LogP contribution in [-0.4, -0.2) is 5.84 Å². The van der Waals surface area contributed by atoms with Crippen molar-refractivity contribution >= 4 is 43.9 Å². The summed E-state index contributed by atoms with van der Waals surface area (Å²) in [6.07, 6.45) is 2.93. The minimum Gasteiger partial charge on any atom is -0.383 e. The molecule has 10 aromatic carbocycles. The van der Waals surface area contributed by atoms with Crippen LogP contribution >= 0.6 is 0 Å². The van der Waals surface area contributed by atoms with E-state index >= 15 is 0 Å². The Labute approximate surface area is 363 Å². The molecule has 0 bridgehead atoms. The summed E-state index contributed by atoms with van der Waals surface area (Å²) in [5, 5.41) is 7.44. The van der Waals surface area contributed by atoms with Crippen LogP contribution in [0.15, 0.2) is 229 Å². The zero-order valence-corrected chi connectivity index (χ0v) is 34.6. The fourth-order valence-corrected chi connectivity index (χ4v) is 9.97. The molecule has 1 aliphatic rings. The van der Waals surface area contributed by atoms with Crippen LogP contribution in [-0.2, 0) is 11.8 Å². The third-order valence-electron chi connectivity index (χ3n) is 13.0. The summed E-state index contributed by atoms with van der Waals surface area (Å²) in [6, 6.07) is 78.8. The van der Waals surface area contributed by atoms with Gasteiger partial charge in [0, 0.05) is 11.0 Å². The zero-order valence-electron chi connectivity index (χ0n) is 34.6. The fourth-order valence-electron chi connectivity index (χ4n) is 9.97. The average Bonchev–Trinajstić information content (AvgIpc) is 3.60. The van der Waals surface area contributed by atoms with Gasteiger partial charge in [0.2, 0.25) is 0 Å². The zero-order chi connectivity index (χ0) is 41.6. The van der Waals surface area contributed by atoms with Gasteiger partial charge in [-0.1, -0.05) is 224 Å². The van der Waals surface area contributed by atoms with Crippen molar-refractivity contribution in [3.8, 4) is 33.4 Å². The third kappa shape index (κ3) is 6.23. The first-order valence-electron chi connectivity index (χ1n) is 21.5. The van der Waals surface area contributed by atoms with E-state index in [1.54, 1.807) is 0 Å². The van der Waals surface area contributed by atoms with Gasteiger partial charge >= 0.3 is 0 Å². The highest BCUT2D eigenvalue weighted by Crippen LogP contribution is 2.52. The quantitative estimate of drug-likeness (QED) is 0.0708. The lowest BCUT2D eigenvalue weighted by Gasteiger charge is -2.28. The molecule has 11 rings (SSSR count). The van der Waals surface area contributed by atoms with Crippen molar-refractivity contribution in [2.24, 2.45) is 10.7 Å². The number of allylic oxidation sites excluding steroid dienone is 1. The van der Waals surface area contributed by atoms with Crippen LogP contribution < -0.4 is 5.73 Å². The minimum atomic E-state index is -0.263. The summed E-state index contributed by atoms with van der Waals surface area (Å²) >= 11 is 0. The minimum absolute atomic E-state index is 0.263. The number of rotatable bonds is 8. The normalized spacial score (nSPS) is 14.9. The molecule has 0 aromatic heterocycles. The molecule has 0 aliphatic heterocycles. The van der Waals surface area contributed by atoms with Crippen LogP contribution in [0.4, 0.5) is 0 Å². The monoisotopic (exact) mass is 792 g/mol. The van der Waals surface area contributed by atoms with Crippen LogP contribution in [0.5, 0.6) is 0 Å². The molecule has 0 saturated carbocycles. The van der Waals surface area contributed by atoms with Crippen molar-refractivity contribution in [3.63, 3.8) is 0 Å². The van der Waals surface area contributed by atoms with Crippen molar-refractivity contribution in [1.82, 2.24) is 0 Å².